The summed E-state index contributed by atoms with van der Waals surface area (Å²) in [4.78, 5) is 25.9. The predicted molar refractivity (Wildman–Crippen MR) is 136 cm³/mol. The number of fused-ring (bicyclic) bond motifs is 1. The molecule has 0 saturated carbocycles. The molecule has 0 radical (unpaired) electrons. The Labute approximate surface area is 217 Å². The van der Waals surface area contributed by atoms with Crippen LogP contribution in [0.5, 0.6) is 11.6 Å². The molecule has 0 saturated heterocycles. The van der Waals surface area contributed by atoms with Gasteiger partial charge in [0, 0.05) is 11.2 Å². The molecule has 0 spiro atoms. The van der Waals surface area contributed by atoms with Gasteiger partial charge in [0.2, 0.25) is 5.88 Å². The molecule has 3 heterocycles. The van der Waals surface area contributed by atoms with Crippen LogP contribution in [0.15, 0.2) is 67.3 Å². The molecule has 0 bridgehead atoms. The van der Waals surface area contributed by atoms with Crippen LogP contribution < -0.4 is 9.47 Å². The first-order valence-electron chi connectivity index (χ1n) is 11.5. The number of halogens is 1. The van der Waals surface area contributed by atoms with E-state index >= 15 is 0 Å². The van der Waals surface area contributed by atoms with Crippen molar-refractivity contribution in [1.29, 1.82) is 0 Å². The number of hydrogen-bond donors (Lipinski definition) is 0. The van der Waals surface area contributed by atoms with Crippen LogP contribution in [0.2, 0.25) is 5.02 Å². The lowest BCUT2D eigenvalue weighted by Crippen LogP contribution is -2.08. The van der Waals surface area contributed by atoms with Gasteiger partial charge in [-0.1, -0.05) is 48.0 Å². The third kappa shape index (κ3) is 5.24. The lowest BCUT2D eigenvalue weighted by molar-refractivity contribution is 0.0526. The van der Waals surface area contributed by atoms with Crippen LogP contribution in [0.25, 0.3) is 17.1 Å². The Balaban J connectivity index is 1.54. The van der Waals surface area contributed by atoms with Crippen molar-refractivity contribution in [1.82, 2.24) is 29.3 Å². The number of nitrogens with zero attached hydrogens (tertiary/aromatic N) is 6. The number of carbonyl (C=O) groups is 1. The van der Waals surface area contributed by atoms with Crippen molar-refractivity contribution in [3.63, 3.8) is 0 Å². The number of carbonyl (C=O) groups excluding carboxylic acids is 1. The van der Waals surface area contributed by atoms with E-state index in [-0.39, 0.29) is 30.6 Å². The molecule has 3 aromatic heterocycles. The van der Waals surface area contributed by atoms with E-state index < -0.39 is 5.97 Å². The van der Waals surface area contributed by atoms with E-state index in [1.165, 1.54) is 17.1 Å². The first-order valence-corrected chi connectivity index (χ1v) is 11.9. The highest BCUT2D eigenvalue weighted by Crippen LogP contribution is 2.27. The van der Waals surface area contributed by atoms with Crippen LogP contribution in [0.3, 0.4) is 0 Å². The van der Waals surface area contributed by atoms with E-state index in [4.69, 9.17) is 25.8 Å². The average Bonchev–Trinajstić information content (AvgIpc) is 3.57. The van der Waals surface area contributed by atoms with Gasteiger partial charge in [-0.15, -0.1) is 0 Å². The summed E-state index contributed by atoms with van der Waals surface area (Å²) in [5, 5.41) is 4.82. The van der Waals surface area contributed by atoms with E-state index in [1.807, 2.05) is 47.0 Å². The Kier molecular flexibility index (Phi) is 7.00. The number of imidazole rings is 1. The molecule has 0 aliphatic heterocycles. The topological polar surface area (TPSA) is 106 Å². The number of rotatable bonds is 9. The Morgan fingerprint density at radius 1 is 1.11 bits per heavy atom. The van der Waals surface area contributed by atoms with Gasteiger partial charge < -0.3 is 18.8 Å². The molecule has 0 atom stereocenters. The largest absolute Gasteiger partial charge is 0.497 e. The number of benzene rings is 2. The molecule has 188 valence electrons. The highest BCUT2D eigenvalue weighted by molar-refractivity contribution is 6.31. The fourth-order valence-corrected chi connectivity index (χ4v) is 3.90. The molecule has 11 heteroatoms. The second-order valence-electron chi connectivity index (χ2n) is 8.00. The quantitative estimate of drug-likeness (QED) is 0.263. The molecule has 0 aliphatic rings. The maximum absolute atomic E-state index is 12.1. The lowest BCUT2D eigenvalue weighted by atomic mass is 10.2. The summed E-state index contributed by atoms with van der Waals surface area (Å²) >= 11 is 6.48. The van der Waals surface area contributed by atoms with Crippen molar-refractivity contribution in [2.24, 2.45) is 0 Å². The van der Waals surface area contributed by atoms with Crippen LogP contribution >= 0.6 is 11.6 Å². The zero-order valence-corrected chi connectivity index (χ0v) is 20.9. The smallest absolute Gasteiger partial charge is 0.341 e. The Morgan fingerprint density at radius 2 is 1.95 bits per heavy atom. The van der Waals surface area contributed by atoms with Crippen molar-refractivity contribution < 1.29 is 19.0 Å². The van der Waals surface area contributed by atoms with E-state index in [2.05, 4.69) is 20.1 Å². The third-order valence-corrected chi connectivity index (χ3v) is 5.89. The molecule has 5 rings (SSSR count). The van der Waals surface area contributed by atoms with Crippen LogP contribution in [-0.2, 0) is 17.9 Å². The fraction of sp³-hybridized carbons (Fsp3) is 0.192. The summed E-state index contributed by atoms with van der Waals surface area (Å²) in [6.07, 6.45) is 4.58. The monoisotopic (exact) mass is 518 g/mol. The van der Waals surface area contributed by atoms with Crippen LogP contribution in [0, 0.1) is 0 Å². The second-order valence-corrected chi connectivity index (χ2v) is 8.41. The second kappa shape index (κ2) is 10.7. The maximum atomic E-state index is 12.1. The highest BCUT2D eigenvalue weighted by Gasteiger charge is 2.19. The molecule has 10 nitrogen and oxygen atoms in total. The van der Waals surface area contributed by atoms with Gasteiger partial charge in [-0.05, 0) is 30.2 Å². The summed E-state index contributed by atoms with van der Waals surface area (Å²) in [6, 6.07) is 15.2. The van der Waals surface area contributed by atoms with Gasteiger partial charge in [-0.25, -0.2) is 14.5 Å². The molecule has 0 fully saturated rings. The minimum Gasteiger partial charge on any atom is -0.497 e. The number of aromatic nitrogens is 6. The van der Waals surface area contributed by atoms with E-state index in [0.29, 0.717) is 28.5 Å². The zero-order chi connectivity index (χ0) is 25.8. The van der Waals surface area contributed by atoms with Crippen LogP contribution in [0.4, 0.5) is 0 Å². The Morgan fingerprint density at radius 3 is 2.70 bits per heavy atom. The van der Waals surface area contributed by atoms with Gasteiger partial charge >= 0.3 is 5.97 Å². The van der Waals surface area contributed by atoms with Crippen molar-refractivity contribution in [3.05, 3.63) is 89.0 Å². The fourth-order valence-electron chi connectivity index (χ4n) is 3.67. The number of methoxy groups -OCH3 is 1. The van der Waals surface area contributed by atoms with Crippen molar-refractivity contribution >= 4 is 28.7 Å². The van der Waals surface area contributed by atoms with E-state index in [1.54, 1.807) is 26.4 Å². The van der Waals surface area contributed by atoms with E-state index in [9.17, 15) is 4.79 Å². The molecule has 0 amide bonds. The first-order chi connectivity index (χ1) is 18.1. The van der Waals surface area contributed by atoms with Gasteiger partial charge in [0.25, 0.3) is 5.95 Å². The summed E-state index contributed by atoms with van der Waals surface area (Å²) in [6.45, 7) is 2.70. The molecular formula is C26H23ClN6O4. The zero-order valence-electron chi connectivity index (χ0n) is 20.2. The molecule has 0 aliphatic carbocycles. The standard InChI is InChI=1S/C26H23ClN6O4/c1-3-36-25(34)19-12-29-33(14-19)26-30-23-22(24(31-26)37-15-17-7-5-4-6-8-17)28-16-32(23)13-18-9-10-20(35-2)11-21(18)27/h4-12,14,16H,3,13,15H2,1-2H3. The summed E-state index contributed by atoms with van der Waals surface area (Å²) in [5.74, 6) is 0.696. The predicted octanol–water partition coefficient (Wildman–Crippen LogP) is 4.48. The van der Waals surface area contributed by atoms with Crippen molar-refractivity contribution in [2.45, 2.75) is 20.1 Å². The average molecular weight is 519 g/mol. The lowest BCUT2D eigenvalue weighted by Gasteiger charge is -2.10. The highest BCUT2D eigenvalue weighted by atomic mass is 35.5. The molecule has 37 heavy (non-hydrogen) atoms. The summed E-state index contributed by atoms with van der Waals surface area (Å²) in [7, 11) is 1.59. The number of esters is 1. The van der Waals surface area contributed by atoms with Crippen molar-refractivity contribution in [3.8, 4) is 17.6 Å². The maximum Gasteiger partial charge on any atom is 0.341 e. The molecule has 2 aromatic carbocycles. The van der Waals surface area contributed by atoms with Crippen LogP contribution in [0.1, 0.15) is 28.4 Å². The summed E-state index contributed by atoms with van der Waals surface area (Å²) in [5.41, 5.74) is 3.13. The van der Waals surface area contributed by atoms with Gasteiger partial charge in [0.1, 0.15) is 12.4 Å². The minimum absolute atomic E-state index is 0.216. The molecule has 0 N–H and O–H groups in total. The van der Waals surface area contributed by atoms with Gasteiger partial charge in [0.15, 0.2) is 11.2 Å². The molecule has 0 unspecified atom stereocenters. The Bertz CT molecular complexity index is 1550. The minimum atomic E-state index is -0.477. The van der Waals surface area contributed by atoms with Gasteiger partial charge in [-0.3, -0.25) is 0 Å². The SMILES string of the molecule is CCOC(=O)c1cnn(-c2nc(OCc3ccccc3)c3ncn(Cc4ccc(OC)cc4Cl)c3n2)c1. The third-order valence-electron chi connectivity index (χ3n) is 5.54. The number of hydrogen-bond acceptors (Lipinski definition) is 8. The van der Waals surface area contributed by atoms with Crippen LogP contribution in [-0.4, -0.2) is 49.0 Å². The van der Waals surface area contributed by atoms with Gasteiger partial charge in [-0.2, -0.15) is 15.1 Å². The van der Waals surface area contributed by atoms with Gasteiger partial charge in [0.05, 0.1) is 38.3 Å². The van der Waals surface area contributed by atoms with E-state index in [0.717, 1.165) is 11.1 Å². The first kappa shape index (κ1) is 24.3. The molecular weight excluding hydrogens is 496 g/mol. The number of ether oxygens (including phenoxy) is 3. The molecule has 5 aromatic rings. The van der Waals surface area contributed by atoms with Crippen molar-refractivity contribution in [2.75, 3.05) is 13.7 Å². The summed E-state index contributed by atoms with van der Waals surface area (Å²) < 4.78 is 19.6. The normalized spacial score (nSPS) is 11.0. The Hall–Kier alpha value is -4.44.